The molecule has 6 heteroatoms. The smallest absolute Gasteiger partial charge is 0.242 e. The fourth-order valence-corrected chi connectivity index (χ4v) is 2.06. The molecule has 110 valence electrons. The number of hydrogen-bond donors (Lipinski definition) is 3. The van der Waals surface area contributed by atoms with Crippen LogP contribution in [0, 0.1) is 0 Å². The molecule has 0 spiro atoms. The SMILES string of the molecule is COCCNC(=O)C(C)NC(=O)C1CCCCCN1. The zero-order chi connectivity index (χ0) is 14.1. The molecule has 2 amide bonds. The van der Waals surface area contributed by atoms with Crippen molar-refractivity contribution in [3.05, 3.63) is 0 Å². The fraction of sp³-hybridized carbons (Fsp3) is 0.846. The molecule has 0 aliphatic carbocycles. The van der Waals surface area contributed by atoms with Gasteiger partial charge < -0.3 is 20.7 Å². The summed E-state index contributed by atoms with van der Waals surface area (Å²) in [6.07, 6.45) is 4.16. The Morgan fingerprint density at radius 1 is 1.37 bits per heavy atom. The lowest BCUT2D eigenvalue weighted by atomic mass is 10.1. The van der Waals surface area contributed by atoms with Gasteiger partial charge in [-0.2, -0.15) is 0 Å². The lowest BCUT2D eigenvalue weighted by molar-refractivity contribution is -0.129. The van der Waals surface area contributed by atoms with E-state index in [9.17, 15) is 9.59 Å². The van der Waals surface area contributed by atoms with Gasteiger partial charge in [-0.15, -0.1) is 0 Å². The molecular formula is C13H25N3O3. The van der Waals surface area contributed by atoms with Gasteiger partial charge in [0, 0.05) is 13.7 Å². The molecule has 1 rings (SSSR count). The van der Waals surface area contributed by atoms with Gasteiger partial charge in [0.2, 0.25) is 11.8 Å². The van der Waals surface area contributed by atoms with Gasteiger partial charge >= 0.3 is 0 Å². The molecule has 0 saturated carbocycles. The zero-order valence-corrected chi connectivity index (χ0v) is 11.8. The second-order valence-electron chi connectivity index (χ2n) is 4.87. The highest BCUT2D eigenvalue weighted by Crippen LogP contribution is 2.08. The topological polar surface area (TPSA) is 79.5 Å². The summed E-state index contributed by atoms with van der Waals surface area (Å²) in [4.78, 5) is 23.7. The molecule has 0 bridgehead atoms. The van der Waals surface area contributed by atoms with Gasteiger partial charge in [0.1, 0.15) is 6.04 Å². The van der Waals surface area contributed by atoms with Crippen LogP contribution in [-0.2, 0) is 14.3 Å². The Balaban J connectivity index is 2.31. The number of nitrogens with one attached hydrogen (secondary N) is 3. The molecule has 0 aromatic heterocycles. The molecule has 0 aromatic rings. The number of rotatable bonds is 6. The van der Waals surface area contributed by atoms with E-state index in [4.69, 9.17) is 4.74 Å². The van der Waals surface area contributed by atoms with E-state index in [0.29, 0.717) is 13.2 Å². The molecule has 1 fully saturated rings. The van der Waals surface area contributed by atoms with Gasteiger partial charge in [-0.1, -0.05) is 12.8 Å². The van der Waals surface area contributed by atoms with E-state index >= 15 is 0 Å². The number of carbonyl (C=O) groups excluding carboxylic acids is 2. The van der Waals surface area contributed by atoms with E-state index in [0.717, 1.165) is 32.2 Å². The summed E-state index contributed by atoms with van der Waals surface area (Å²) in [6.45, 7) is 3.48. The highest BCUT2D eigenvalue weighted by Gasteiger charge is 2.22. The predicted molar refractivity (Wildman–Crippen MR) is 72.7 cm³/mol. The van der Waals surface area contributed by atoms with Crippen LogP contribution >= 0.6 is 0 Å². The minimum absolute atomic E-state index is 0.0868. The van der Waals surface area contributed by atoms with Crippen LogP contribution in [0.1, 0.15) is 32.6 Å². The quantitative estimate of drug-likeness (QED) is 0.584. The van der Waals surface area contributed by atoms with Crippen LogP contribution in [0.3, 0.4) is 0 Å². The second kappa shape index (κ2) is 8.87. The predicted octanol–water partition coefficient (Wildman–Crippen LogP) is -0.214. The molecule has 6 nitrogen and oxygen atoms in total. The normalized spacial score (nSPS) is 21.3. The monoisotopic (exact) mass is 271 g/mol. The van der Waals surface area contributed by atoms with Crippen molar-refractivity contribution in [1.82, 2.24) is 16.0 Å². The average Bonchev–Trinajstić information content (AvgIpc) is 2.67. The third-order valence-electron chi connectivity index (χ3n) is 3.23. The second-order valence-corrected chi connectivity index (χ2v) is 4.87. The Bertz CT molecular complexity index is 289. The molecule has 3 N–H and O–H groups in total. The van der Waals surface area contributed by atoms with Gasteiger partial charge in [0.05, 0.1) is 12.6 Å². The molecule has 1 heterocycles. The lowest BCUT2D eigenvalue weighted by Gasteiger charge is -2.19. The Hall–Kier alpha value is -1.14. The minimum atomic E-state index is -0.519. The maximum atomic E-state index is 12.0. The number of carbonyl (C=O) groups is 2. The van der Waals surface area contributed by atoms with Crippen LogP contribution in [0.15, 0.2) is 0 Å². The van der Waals surface area contributed by atoms with Gasteiger partial charge in [-0.25, -0.2) is 0 Å². The molecule has 2 atom stereocenters. The van der Waals surface area contributed by atoms with E-state index in [2.05, 4.69) is 16.0 Å². The first-order chi connectivity index (χ1) is 9.15. The average molecular weight is 271 g/mol. The van der Waals surface area contributed by atoms with Crippen LogP contribution in [0.5, 0.6) is 0 Å². The maximum absolute atomic E-state index is 12.0. The van der Waals surface area contributed by atoms with Crippen LogP contribution in [0.2, 0.25) is 0 Å². The molecular weight excluding hydrogens is 246 g/mol. The van der Waals surface area contributed by atoms with Gasteiger partial charge in [-0.05, 0) is 26.3 Å². The Labute approximate surface area is 114 Å². The first-order valence-corrected chi connectivity index (χ1v) is 6.95. The number of methoxy groups -OCH3 is 1. The Morgan fingerprint density at radius 3 is 2.89 bits per heavy atom. The number of amides is 2. The van der Waals surface area contributed by atoms with E-state index in [1.807, 2.05) is 0 Å². The number of hydrogen-bond acceptors (Lipinski definition) is 4. The highest BCUT2D eigenvalue weighted by atomic mass is 16.5. The summed E-state index contributed by atoms with van der Waals surface area (Å²) in [6, 6.07) is -0.689. The maximum Gasteiger partial charge on any atom is 0.242 e. The molecule has 2 unspecified atom stereocenters. The van der Waals surface area contributed by atoms with Crippen molar-refractivity contribution in [2.75, 3.05) is 26.8 Å². The van der Waals surface area contributed by atoms with E-state index in [1.54, 1.807) is 14.0 Å². The van der Waals surface area contributed by atoms with E-state index < -0.39 is 6.04 Å². The fourth-order valence-electron chi connectivity index (χ4n) is 2.06. The molecule has 1 aliphatic rings. The largest absolute Gasteiger partial charge is 0.383 e. The Kier molecular flexibility index (Phi) is 7.43. The summed E-state index contributed by atoms with van der Waals surface area (Å²) < 4.78 is 4.85. The van der Waals surface area contributed by atoms with Crippen molar-refractivity contribution in [1.29, 1.82) is 0 Å². The molecule has 1 saturated heterocycles. The van der Waals surface area contributed by atoms with Crippen LogP contribution in [-0.4, -0.2) is 50.7 Å². The van der Waals surface area contributed by atoms with Crippen LogP contribution in [0.4, 0.5) is 0 Å². The summed E-state index contributed by atoms with van der Waals surface area (Å²) >= 11 is 0. The van der Waals surface area contributed by atoms with Crippen molar-refractivity contribution in [3.8, 4) is 0 Å². The summed E-state index contributed by atoms with van der Waals surface area (Å²) in [5, 5.41) is 8.67. The van der Waals surface area contributed by atoms with Crippen molar-refractivity contribution >= 4 is 11.8 Å². The lowest BCUT2D eigenvalue weighted by Crippen LogP contribution is -2.51. The van der Waals surface area contributed by atoms with Crippen molar-refractivity contribution in [2.24, 2.45) is 0 Å². The molecule has 1 aliphatic heterocycles. The molecule has 19 heavy (non-hydrogen) atoms. The van der Waals surface area contributed by atoms with Gasteiger partial charge in [-0.3, -0.25) is 9.59 Å². The standard InChI is InChI=1S/C13H25N3O3/c1-10(12(17)15-8-9-19-2)16-13(18)11-6-4-3-5-7-14-11/h10-11,14H,3-9H2,1-2H3,(H,15,17)(H,16,18). The van der Waals surface area contributed by atoms with Gasteiger partial charge in [0.25, 0.3) is 0 Å². The first kappa shape index (κ1) is 15.9. The first-order valence-electron chi connectivity index (χ1n) is 6.95. The van der Waals surface area contributed by atoms with E-state index in [1.165, 1.54) is 0 Å². The highest BCUT2D eigenvalue weighted by molar-refractivity contribution is 5.89. The summed E-state index contributed by atoms with van der Waals surface area (Å²) in [7, 11) is 1.58. The van der Waals surface area contributed by atoms with Gasteiger partial charge in [0.15, 0.2) is 0 Å². The Morgan fingerprint density at radius 2 is 2.16 bits per heavy atom. The van der Waals surface area contributed by atoms with Crippen LogP contribution in [0.25, 0.3) is 0 Å². The minimum Gasteiger partial charge on any atom is -0.383 e. The van der Waals surface area contributed by atoms with Crippen LogP contribution < -0.4 is 16.0 Å². The zero-order valence-electron chi connectivity index (χ0n) is 11.8. The van der Waals surface area contributed by atoms with Crippen molar-refractivity contribution in [3.63, 3.8) is 0 Å². The molecule has 0 aromatic carbocycles. The molecule has 0 radical (unpaired) electrons. The summed E-state index contributed by atoms with van der Waals surface area (Å²) in [5.74, 6) is -0.268. The van der Waals surface area contributed by atoms with Crippen molar-refractivity contribution in [2.45, 2.75) is 44.7 Å². The van der Waals surface area contributed by atoms with Crippen molar-refractivity contribution < 1.29 is 14.3 Å². The third kappa shape index (κ3) is 6.02. The van der Waals surface area contributed by atoms with E-state index in [-0.39, 0.29) is 17.9 Å². The number of ether oxygens (including phenoxy) is 1. The third-order valence-corrected chi connectivity index (χ3v) is 3.23. The summed E-state index contributed by atoms with van der Waals surface area (Å²) in [5.41, 5.74) is 0.